The van der Waals surface area contributed by atoms with Crippen molar-refractivity contribution in [3.8, 4) is 0 Å². The van der Waals surface area contributed by atoms with Crippen LogP contribution in [0.25, 0.3) is 0 Å². The molecule has 0 aromatic heterocycles. The Balaban J connectivity index is 2.23. The van der Waals surface area contributed by atoms with Gasteiger partial charge in [-0.15, -0.1) is 0 Å². The zero-order valence-electron chi connectivity index (χ0n) is 12.4. The van der Waals surface area contributed by atoms with Crippen LogP contribution >= 0.6 is 0 Å². The van der Waals surface area contributed by atoms with Gasteiger partial charge in [0.2, 0.25) is 0 Å². The molecule has 0 aliphatic carbocycles. The molecule has 1 aromatic carbocycles. The van der Waals surface area contributed by atoms with Crippen LogP contribution in [0.3, 0.4) is 0 Å². The van der Waals surface area contributed by atoms with Gasteiger partial charge in [0, 0.05) is 24.3 Å². The minimum absolute atomic E-state index is 0.128. The summed E-state index contributed by atoms with van der Waals surface area (Å²) in [5.41, 5.74) is 9.44. The van der Waals surface area contributed by atoms with E-state index < -0.39 is 0 Å². The van der Waals surface area contributed by atoms with Crippen molar-refractivity contribution in [1.29, 1.82) is 0 Å². The first-order valence-electron chi connectivity index (χ1n) is 7.06. The molecule has 1 fully saturated rings. The molecule has 0 bridgehead atoms. The quantitative estimate of drug-likeness (QED) is 0.789. The maximum atomic E-state index is 12.6. The van der Waals surface area contributed by atoms with Gasteiger partial charge in [-0.1, -0.05) is 19.9 Å². The maximum Gasteiger partial charge on any atom is 0.254 e. The van der Waals surface area contributed by atoms with Crippen LogP contribution in [-0.2, 0) is 0 Å². The van der Waals surface area contributed by atoms with E-state index in [1.807, 2.05) is 30.9 Å². The third-order valence-electron chi connectivity index (χ3n) is 4.46. The number of carbonyl (C=O) groups is 1. The first kappa shape index (κ1) is 13.9. The summed E-state index contributed by atoms with van der Waals surface area (Å²) in [6, 6.07) is 3.83. The summed E-state index contributed by atoms with van der Waals surface area (Å²) in [7, 11) is 0. The monoisotopic (exact) mass is 260 g/mol. The number of nitrogens with two attached hydrogens (primary N) is 1. The number of amides is 1. The van der Waals surface area contributed by atoms with Crippen LogP contribution in [0.4, 0.5) is 5.69 Å². The molecule has 1 aliphatic rings. The maximum absolute atomic E-state index is 12.6. The lowest BCUT2D eigenvalue weighted by Crippen LogP contribution is -2.42. The summed E-state index contributed by atoms with van der Waals surface area (Å²) in [5, 5.41) is 0. The van der Waals surface area contributed by atoms with Crippen LogP contribution in [-0.4, -0.2) is 23.9 Å². The number of nitrogen functional groups attached to an aromatic ring is 1. The average molecular weight is 260 g/mol. The highest BCUT2D eigenvalue weighted by atomic mass is 16.2. The van der Waals surface area contributed by atoms with E-state index in [1.54, 1.807) is 0 Å². The van der Waals surface area contributed by atoms with E-state index in [2.05, 4.69) is 13.8 Å². The van der Waals surface area contributed by atoms with E-state index in [0.717, 1.165) is 36.2 Å². The zero-order chi connectivity index (χ0) is 14.2. The van der Waals surface area contributed by atoms with E-state index >= 15 is 0 Å². The van der Waals surface area contributed by atoms with Gasteiger partial charge < -0.3 is 10.6 Å². The van der Waals surface area contributed by atoms with E-state index in [1.165, 1.54) is 0 Å². The molecule has 1 aromatic rings. The van der Waals surface area contributed by atoms with Crippen molar-refractivity contribution in [3.63, 3.8) is 0 Å². The number of hydrogen-bond acceptors (Lipinski definition) is 2. The molecule has 0 saturated carbocycles. The van der Waals surface area contributed by atoms with Crippen LogP contribution in [0.5, 0.6) is 0 Å². The van der Waals surface area contributed by atoms with Crippen molar-refractivity contribution in [2.24, 2.45) is 11.8 Å². The highest BCUT2D eigenvalue weighted by Crippen LogP contribution is 2.25. The van der Waals surface area contributed by atoms with E-state index in [4.69, 9.17) is 5.73 Å². The average Bonchev–Trinajstić information content (AvgIpc) is 2.36. The molecule has 1 heterocycles. The lowest BCUT2D eigenvalue weighted by atomic mass is 9.88. The van der Waals surface area contributed by atoms with Gasteiger partial charge in [0.05, 0.1) is 0 Å². The smallest absolute Gasteiger partial charge is 0.254 e. The van der Waals surface area contributed by atoms with Gasteiger partial charge in [-0.2, -0.15) is 0 Å². The highest BCUT2D eigenvalue weighted by Gasteiger charge is 2.27. The Morgan fingerprint density at radius 1 is 1.21 bits per heavy atom. The second-order valence-electron chi connectivity index (χ2n) is 6.02. The molecule has 2 atom stereocenters. The second-order valence-corrected chi connectivity index (χ2v) is 6.02. The molecular weight excluding hydrogens is 236 g/mol. The van der Waals surface area contributed by atoms with Crippen LogP contribution in [0.15, 0.2) is 12.1 Å². The van der Waals surface area contributed by atoms with Crippen LogP contribution in [0, 0.1) is 25.7 Å². The van der Waals surface area contributed by atoms with Crippen molar-refractivity contribution < 1.29 is 4.79 Å². The van der Waals surface area contributed by atoms with Gasteiger partial charge in [-0.05, 0) is 49.3 Å². The Morgan fingerprint density at radius 3 is 2.53 bits per heavy atom. The fraction of sp³-hybridized carbons (Fsp3) is 0.562. The summed E-state index contributed by atoms with van der Waals surface area (Å²) < 4.78 is 0. The Hall–Kier alpha value is -1.51. The molecule has 2 unspecified atom stereocenters. The number of benzene rings is 1. The fourth-order valence-corrected chi connectivity index (χ4v) is 2.72. The standard InChI is InChI=1S/C16H24N2O/c1-10-5-6-18(9-13(10)4)16(19)14-8-15(17)12(3)7-11(14)2/h7-8,10,13H,5-6,9,17H2,1-4H3. The Bertz CT molecular complexity index is 496. The molecule has 2 rings (SSSR count). The van der Waals surface area contributed by atoms with Crippen molar-refractivity contribution in [2.75, 3.05) is 18.8 Å². The van der Waals surface area contributed by atoms with E-state index in [0.29, 0.717) is 17.5 Å². The first-order chi connectivity index (χ1) is 8.90. The minimum Gasteiger partial charge on any atom is -0.398 e. The Morgan fingerprint density at radius 2 is 1.89 bits per heavy atom. The minimum atomic E-state index is 0.128. The van der Waals surface area contributed by atoms with Crippen molar-refractivity contribution >= 4 is 11.6 Å². The van der Waals surface area contributed by atoms with Crippen molar-refractivity contribution in [2.45, 2.75) is 34.1 Å². The molecule has 19 heavy (non-hydrogen) atoms. The summed E-state index contributed by atoms with van der Waals surface area (Å²) in [6.45, 7) is 10.2. The summed E-state index contributed by atoms with van der Waals surface area (Å²) in [6.07, 6.45) is 1.09. The molecule has 3 heteroatoms. The summed E-state index contributed by atoms with van der Waals surface area (Å²) in [5.74, 6) is 1.40. The largest absolute Gasteiger partial charge is 0.398 e. The van der Waals surface area contributed by atoms with Crippen molar-refractivity contribution in [3.05, 3.63) is 28.8 Å². The van der Waals surface area contributed by atoms with Gasteiger partial charge in [-0.3, -0.25) is 4.79 Å². The fourth-order valence-electron chi connectivity index (χ4n) is 2.72. The number of aryl methyl sites for hydroxylation is 2. The number of anilines is 1. The SMILES string of the molecule is Cc1cc(C)c(C(=O)N2CCC(C)C(C)C2)cc1N. The van der Waals surface area contributed by atoms with Gasteiger partial charge >= 0.3 is 0 Å². The molecule has 1 saturated heterocycles. The van der Waals surface area contributed by atoms with Gasteiger partial charge in [0.1, 0.15) is 0 Å². The molecular formula is C16H24N2O. The number of hydrogen-bond donors (Lipinski definition) is 1. The summed E-state index contributed by atoms with van der Waals surface area (Å²) >= 11 is 0. The molecule has 1 amide bonds. The number of carbonyl (C=O) groups excluding carboxylic acids is 1. The molecule has 104 valence electrons. The number of nitrogens with zero attached hydrogens (tertiary/aromatic N) is 1. The number of piperidine rings is 1. The van der Waals surface area contributed by atoms with E-state index in [-0.39, 0.29) is 5.91 Å². The lowest BCUT2D eigenvalue weighted by molar-refractivity contribution is 0.0627. The number of rotatable bonds is 1. The topological polar surface area (TPSA) is 46.3 Å². The lowest BCUT2D eigenvalue weighted by Gasteiger charge is -2.35. The van der Waals surface area contributed by atoms with Gasteiger partial charge in [0.25, 0.3) is 5.91 Å². The van der Waals surface area contributed by atoms with Crippen molar-refractivity contribution in [1.82, 2.24) is 4.90 Å². The van der Waals surface area contributed by atoms with Gasteiger partial charge in [0.15, 0.2) is 0 Å². The predicted octanol–water partition coefficient (Wildman–Crippen LogP) is 3.00. The molecule has 1 aliphatic heterocycles. The van der Waals surface area contributed by atoms with E-state index in [9.17, 15) is 4.79 Å². The van der Waals surface area contributed by atoms with Gasteiger partial charge in [-0.25, -0.2) is 0 Å². The first-order valence-corrected chi connectivity index (χ1v) is 7.06. The Kier molecular flexibility index (Phi) is 3.83. The normalized spacial score (nSPS) is 23.5. The van der Waals surface area contributed by atoms with Crippen LogP contribution in [0.2, 0.25) is 0 Å². The second kappa shape index (κ2) is 5.24. The summed E-state index contributed by atoms with van der Waals surface area (Å²) in [4.78, 5) is 14.6. The highest BCUT2D eigenvalue weighted by molar-refractivity contribution is 5.96. The molecule has 2 N–H and O–H groups in total. The van der Waals surface area contributed by atoms with Crippen LogP contribution < -0.4 is 5.73 Å². The third-order valence-corrected chi connectivity index (χ3v) is 4.46. The molecule has 0 radical (unpaired) electrons. The molecule has 0 spiro atoms. The molecule has 3 nitrogen and oxygen atoms in total. The Labute approximate surface area is 115 Å². The predicted molar refractivity (Wildman–Crippen MR) is 79.2 cm³/mol. The van der Waals surface area contributed by atoms with Crippen LogP contribution in [0.1, 0.15) is 41.8 Å². The third kappa shape index (κ3) is 2.75. The zero-order valence-corrected chi connectivity index (χ0v) is 12.4. The number of likely N-dealkylation sites (tertiary alicyclic amines) is 1.